The highest BCUT2D eigenvalue weighted by atomic mass is 79.9. The fourth-order valence-corrected chi connectivity index (χ4v) is 5.22. The molecule has 1 aromatic heterocycles. The first kappa shape index (κ1) is 23.2. The molecule has 1 heterocycles. The molecule has 0 saturated carbocycles. The molecule has 4 rings (SSSR count). The standard InChI is InChI=1S/C23H19BrF2N2O4S/c1-14-3-6-17(7-4-14)33(29,30)28-22-8-5-16(31-2)13-19(22)23(27-28)32-10-9-18-20(24)11-15(25)12-21(18)26/h3-8,11-13H,9-10H2,1-2H3. The molecule has 10 heteroatoms. The molecular formula is C23H19BrF2N2O4S. The Bertz CT molecular complexity index is 1410. The fraction of sp³-hybridized carbons (Fsp3) is 0.174. The molecule has 3 aromatic carbocycles. The maximum atomic E-state index is 14.1. The zero-order valence-electron chi connectivity index (χ0n) is 17.7. The molecule has 0 aliphatic heterocycles. The van der Waals surface area contributed by atoms with Crippen molar-refractivity contribution in [1.29, 1.82) is 0 Å². The SMILES string of the molecule is COc1ccc2c(c1)c(OCCc1c(F)cc(F)cc1Br)nn2S(=O)(=O)c1ccc(C)cc1. The minimum atomic E-state index is -4.00. The van der Waals surface area contributed by atoms with Gasteiger partial charge in [0.25, 0.3) is 10.0 Å². The normalized spacial score (nSPS) is 11.7. The third kappa shape index (κ3) is 4.58. The Labute approximate surface area is 197 Å². The van der Waals surface area contributed by atoms with Crippen molar-refractivity contribution >= 4 is 36.9 Å². The van der Waals surface area contributed by atoms with Crippen molar-refractivity contribution in [2.75, 3.05) is 13.7 Å². The lowest BCUT2D eigenvalue weighted by Gasteiger charge is -2.08. The van der Waals surface area contributed by atoms with E-state index in [2.05, 4.69) is 21.0 Å². The number of nitrogens with zero attached hydrogens (tertiary/aromatic N) is 2. The van der Waals surface area contributed by atoms with Gasteiger partial charge in [0, 0.05) is 22.5 Å². The monoisotopic (exact) mass is 536 g/mol. The van der Waals surface area contributed by atoms with Crippen LogP contribution in [0.4, 0.5) is 8.78 Å². The molecule has 0 N–H and O–H groups in total. The lowest BCUT2D eigenvalue weighted by molar-refractivity contribution is 0.309. The average molecular weight is 537 g/mol. The summed E-state index contributed by atoms with van der Waals surface area (Å²) in [6.07, 6.45) is 0.107. The Hall–Kier alpha value is -2.98. The molecule has 4 aromatic rings. The molecule has 0 saturated heterocycles. The minimum Gasteiger partial charge on any atom is -0.497 e. The van der Waals surface area contributed by atoms with Crippen LogP contribution in [0, 0.1) is 18.6 Å². The van der Waals surface area contributed by atoms with Crippen molar-refractivity contribution in [2.24, 2.45) is 0 Å². The van der Waals surface area contributed by atoms with E-state index < -0.39 is 21.7 Å². The Kier molecular flexibility index (Phi) is 6.40. The van der Waals surface area contributed by atoms with Crippen LogP contribution >= 0.6 is 15.9 Å². The van der Waals surface area contributed by atoms with Crippen LogP contribution in [-0.4, -0.2) is 31.3 Å². The number of methoxy groups -OCH3 is 1. The Morgan fingerprint density at radius 2 is 1.79 bits per heavy atom. The molecule has 0 fully saturated rings. The number of halogens is 3. The molecular weight excluding hydrogens is 518 g/mol. The summed E-state index contributed by atoms with van der Waals surface area (Å²) in [6, 6.07) is 13.2. The van der Waals surface area contributed by atoms with E-state index in [4.69, 9.17) is 9.47 Å². The largest absolute Gasteiger partial charge is 0.497 e. The molecule has 0 amide bonds. The molecule has 0 aliphatic carbocycles. The second-order valence-electron chi connectivity index (χ2n) is 7.30. The van der Waals surface area contributed by atoms with Crippen LogP contribution in [0.25, 0.3) is 10.9 Å². The highest BCUT2D eigenvalue weighted by Crippen LogP contribution is 2.32. The van der Waals surface area contributed by atoms with E-state index in [9.17, 15) is 17.2 Å². The van der Waals surface area contributed by atoms with Gasteiger partial charge in [-0.3, -0.25) is 0 Å². The molecule has 6 nitrogen and oxygen atoms in total. The van der Waals surface area contributed by atoms with E-state index in [1.807, 2.05) is 6.92 Å². The van der Waals surface area contributed by atoms with E-state index in [-0.39, 0.29) is 33.8 Å². The van der Waals surface area contributed by atoms with Gasteiger partial charge < -0.3 is 9.47 Å². The molecule has 0 unspecified atom stereocenters. The van der Waals surface area contributed by atoms with Gasteiger partial charge in [0.1, 0.15) is 17.4 Å². The van der Waals surface area contributed by atoms with E-state index >= 15 is 0 Å². The van der Waals surface area contributed by atoms with Crippen molar-refractivity contribution in [3.05, 3.63) is 81.8 Å². The van der Waals surface area contributed by atoms with Gasteiger partial charge in [-0.1, -0.05) is 33.6 Å². The van der Waals surface area contributed by atoms with Crippen LogP contribution in [-0.2, 0) is 16.4 Å². The predicted octanol–water partition coefficient (Wildman–Crippen LogP) is 5.25. The van der Waals surface area contributed by atoms with Crippen LogP contribution in [0.3, 0.4) is 0 Å². The van der Waals surface area contributed by atoms with E-state index in [0.29, 0.717) is 16.7 Å². The topological polar surface area (TPSA) is 70.4 Å². The Balaban J connectivity index is 1.71. The Morgan fingerprint density at radius 1 is 1.06 bits per heavy atom. The van der Waals surface area contributed by atoms with Crippen molar-refractivity contribution in [3.63, 3.8) is 0 Å². The number of benzene rings is 3. The van der Waals surface area contributed by atoms with Crippen molar-refractivity contribution in [1.82, 2.24) is 9.19 Å². The zero-order valence-corrected chi connectivity index (χ0v) is 20.1. The van der Waals surface area contributed by atoms with Crippen LogP contribution in [0.2, 0.25) is 0 Å². The number of aryl methyl sites for hydroxylation is 1. The van der Waals surface area contributed by atoms with Crippen molar-refractivity contribution in [3.8, 4) is 11.6 Å². The first-order chi connectivity index (χ1) is 15.7. The number of rotatable bonds is 7. The van der Waals surface area contributed by atoms with Gasteiger partial charge in [0.15, 0.2) is 0 Å². The van der Waals surface area contributed by atoms with Crippen molar-refractivity contribution in [2.45, 2.75) is 18.2 Å². The lowest BCUT2D eigenvalue weighted by atomic mass is 10.1. The van der Waals surface area contributed by atoms with Gasteiger partial charge in [-0.25, -0.2) is 8.78 Å². The van der Waals surface area contributed by atoms with E-state index in [1.54, 1.807) is 30.3 Å². The average Bonchev–Trinajstić information content (AvgIpc) is 3.14. The molecule has 0 aliphatic rings. The van der Waals surface area contributed by atoms with Gasteiger partial charge in [0.2, 0.25) is 5.88 Å². The summed E-state index contributed by atoms with van der Waals surface area (Å²) in [5, 5.41) is 4.63. The first-order valence-corrected chi connectivity index (χ1v) is 12.1. The second-order valence-corrected chi connectivity index (χ2v) is 9.92. The van der Waals surface area contributed by atoms with Crippen LogP contribution in [0.5, 0.6) is 11.6 Å². The number of fused-ring (bicyclic) bond motifs is 1. The van der Waals surface area contributed by atoms with Crippen LogP contribution in [0.1, 0.15) is 11.1 Å². The Morgan fingerprint density at radius 3 is 2.45 bits per heavy atom. The second kappa shape index (κ2) is 9.11. The quantitative estimate of drug-likeness (QED) is 0.322. The molecule has 0 radical (unpaired) electrons. The molecule has 0 bridgehead atoms. The maximum absolute atomic E-state index is 14.1. The third-order valence-electron chi connectivity index (χ3n) is 5.07. The van der Waals surface area contributed by atoms with E-state index in [0.717, 1.165) is 15.7 Å². The van der Waals surface area contributed by atoms with E-state index in [1.165, 1.54) is 25.3 Å². The van der Waals surface area contributed by atoms with Crippen LogP contribution in [0.15, 0.2) is 64.0 Å². The third-order valence-corrected chi connectivity index (χ3v) is 7.37. The fourth-order valence-electron chi connectivity index (χ4n) is 3.33. The smallest absolute Gasteiger partial charge is 0.283 e. The maximum Gasteiger partial charge on any atom is 0.283 e. The molecule has 0 atom stereocenters. The molecule has 172 valence electrons. The summed E-state index contributed by atoms with van der Waals surface area (Å²) >= 11 is 3.15. The van der Waals surface area contributed by atoms with Crippen molar-refractivity contribution < 1.29 is 26.7 Å². The first-order valence-electron chi connectivity index (χ1n) is 9.86. The highest BCUT2D eigenvalue weighted by molar-refractivity contribution is 9.10. The zero-order chi connectivity index (χ0) is 23.8. The lowest BCUT2D eigenvalue weighted by Crippen LogP contribution is -2.14. The molecule has 0 spiro atoms. The summed E-state index contributed by atoms with van der Waals surface area (Å²) < 4.78 is 66.2. The van der Waals surface area contributed by atoms with Gasteiger partial charge >= 0.3 is 0 Å². The summed E-state index contributed by atoms with van der Waals surface area (Å²) in [7, 11) is -2.51. The van der Waals surface area contributed by atoms with Gasteiger partial charge in [-0.15, -0.1) is 9.19 Å². The number of aromatic nitrogens is 2. The summed E-state index contributed by atoms with van der Waals surface area (Å²) in [5.74, 6) is -0.850. The van der Waals surface area contributed by atoms with Gasteiger partial charge in [-0.2, -0.15) is 8.42 Å². The summed E-state index contributed by atoms with van der Waals surface area (Å²) in [6.45, 7) is 1.84. The molecule has 33 heavy (non-hydrogen) atoms. The summed E-state index contributed by atoms with van der Waals surface area (Å²) in [4.78, 5) is 0.0807. The predicted molar refractivity (Wildman–Crippen MR) is 123 cm³/mol. The minimum absolute atomic E-state index is 0.0188. The number of hydrogen-bond donors (Lipinski definition) is 0. The van der Waals surface area contributed by atoms with Crippen LogP contribution < -0.4 is 9.47 Å². The highest BCUT2D eigenvalue weighted by Gasteiger charge is 2.24. The number of hydrogen-bond acceptors (Lipinski definition) is 5. The summed E-state index contributed by atoms with van der Waals surface area (Å²) in [5.41, 5.74) is 1.47. The van der Waals surface area contributed by atoms with Gasteiger partial charge in [0.05, 0.1) is 29.5 Å². The van der Waals surface area contributed by atoms with Gasteiger partial charge in [-0.05, 0) is 43.3 Å². The number of ether oxygens (including phenoxy) is 2.